The van der Waals surface area contributed by atoms with Gasteiger partial charge in [-0.1, -0.05) is 24.2 Å². The molecule has 0 amide bonds. The smallest absolute Gasteiger partial charge is 0.237 e. The van der Waals surface area contributed by atoms with Crippen LogP contribution in [-0.2, 0) is 21.6 Å². The van der Waals surface area contributed by atoms with Crippen LogP contribution in [-0.4, -0.2) is 24.4 Å². The van der Waals surface area contributed by atoms with Crippen LogP contribution in [0.4, 0.5) is 0 Å². The topological polar surface area (TPSA) is 57.4 Å². The van der Waals surface area contributed by atoms with E-state index in [1.807, 2.05) is 24.3 Å². The highest BCUT2D eigenvalue weighted by Crippen LogP contribution is 2.25. The minimum atomic E-state index is -0.323. The van der Waals surface area contributed by atoms with E-state index in [0.29, 0.717) is 11.6 Å². The Morgan fingerprint density at radius 3 is 2.52 bits per heavy atom. The summed E-state index contributed by atoms with van der Waals surface area (Å²) < 4.78 is 15.6. The van der Waals surface area contributed by atoms with Crippen LogP contribution < -0.4 is 0 Å². The lowest BCUT2D eigenvalue weighted by Gasteiger charge is -2.13. The molecule has 0 aliphatic rings. The van der Waals surface area contributed by atoms with E-state index < -0.39 is 0 Å². The van der Waals surface area contributed by atoms with Crippen LogP contribution in [0.5, 0.6) is 0 Å². The summed E-state index contributed by atoms with van der Waals surface area (Å²) in [5.41, 5.74) is 0.993. The molecule has 1 heterocycles. The lowest BCUT2D eigenvalue weighted by atomic mass is 10.2. The number of hydrogen-bond acceptors (Lipinski definition) is 6. The molecule has 0 aliphatic heterocycles. The number of benzene rings is 1. The maximum atomic E-state index is 5.22. The number of aromatic nitrogens is 2. The van der Waals surface area contributed by atoms with Crippen LogP contribution >= 0.6 is 11.8 Å². The first-order valence-electron chi connectivity index (χ1n) is 6.86. The molecular weight excluding hydrogens is 288 g/mol. The highest BCUT2D eigenvalue weighted by atomic mass is 32.2. The zero-order chi connectivity index (χ0) is 15.1. The van der Waals surface area contributed by atoms with Gasteiger partial charge in [0.2, 0.25) is 5.89 Å². The molecule has 0 atom stereocenters. The van der Waals surface area contributed by atoms with E-state index in [2.05, 4.69) is 17.1 Å². The van der Waals surface area contributed by atoms with Gasteiger partial charge in [0.15, 0.2) is 12.1 Å². The van der Waals surface area contributed by atoms with Crippen molar-refractivity contribution in [3.8, 4) is 0 Å². The molecule has 0 radical (unpaired) electrons. The van der Waals surface area contributed by atoms with Crippen molar-refractivity contribution in [3.05, 3.63) is 41.5 Å². The molecule has 1 aromatic carbocycles. The van der Waals surface area contributed by atoms with Crippen LogP contribution in [0.1, 0.15) is 36.9 Å². The number of ether oxygens (including phenoxy) is 2. The first kappa shape index (κ1) is 16.0. The molecule has 0 saturated heterocycles. The fraction of sp³-hybridized carbons (Fsp3) is 0.467. The third kappa shape index (κ3) is 4.56. The van der Waals surface area contributed by atoms with Gasteiger partial charge in [-0.3, -0.25) is 0 Å². The van der Waals surface area contributed by atoms with E-state index in [1.54, 1.807) is 26.0 Å². The Balaban J connectivity index is 1.90. The molecule has 1 aromatic heterocycles. The van der Waals surface area contributed by atoms with E-state index in [-0.39, 0.29) is 6.29 Å². The summed E-state index contributed by atoms with van der Waals surface area (Å²) in [4.78, 5) is 5.49. The highest BCUT2D eigenvalue weighted by Gasteiger charge is 2.09. The minimum absolute atomic E-state index is 0.323. The second-order valence-corrected chi connectivity index (χ2v) is 5.56. The monoisotopic (exact) mass is 308 g/mol. The van der Waals surface area contributed by atoms with Gasteiger partial charge in [-0.2, -0.15) is 4.98 Å². The standard InChI is InChI=1S/C15H20N2O3S/c1-4-5-13-16-14(20-17-13)10-21-12-8-6-11(7-9-12)15(18-2)19-3/h6-9,15H,4-5,10H2,1-3H3. The molecule has 0 aliphatic carbocycles. The molecular formula is C15H20N2O3S. The number of thioether (sulfide) groups is 1. The van der Waals surface area contributed by atoms with Crippen molar-refractivity contribution in [2.24, 2.45) is 0 Å². The minimum Gasteiger partial charge on any atom is -0.352 e. The SMILES string of the molecule is CCCc1noc(CSc2ccc(C(OC)OC)cc2)n1. The third-order valence-corrected chi connectivity index (χ3v) is 3.92. The van der Waals surface area contributed by atoms with Gasteiger partial charge < -0.3 is 14.0 Å². The van der Waals surface area contributed by atoms with Crippen LogP contribution in [0.25, 0.3) is 0 Å². The second kappa shape index (κ2) is 8.17. The highest BCUT2D eigenvalue weighted by molar-refractivity contribution is 7.98. The van der Waals surface area contributed by atoms with Crippen LogP contribution in [0.3, 0.4) is 0 Å². The molecule has 0 saturated carbocycles. The number of hydrogen-bond donors (Lipinski definition) is 0. The summed E-state index contributed by atoms with van der Waals surface area (Å²) in [6.07, 6.45) is 1.56. The average Bonchev–Trinajstić information content (AvgIpc) is 2.96. The maximum absolute atomic E-state index is 5.22. The Bertz CT molecular complexity index is 538. The first-order valence-corrected chi connectivity index (χ1v) is 7.85. The largest absolute Gasteiger partial charge is 0.352 e. The zero-order valence-corrected chi connectivity index (χ0v) is 13.4. The predicted octanol–water partition coefficient (Wildman–Crippen LogP) is 3.61. The molecule has 2 aromatic rings. The van der Waals surface area contributed by atoms with Crippen molar-refractivity contribution >= 4 is 11.8 Å². The first-order chi connectivity index (χ1) is 10.3. The van der Waals surface area contributed by atoms with E-state index >= 15 is 0 Å². The third-order valence-electron chi connectivity index (χ3n) is 2.93. The van der Waals surface area contributed by atoms with Crippen molar-refractivity contribution in [1.82, 2.24) is 10.1 Å². The number of nitrogens with zero attached hydrogens (tertiary/aromatic N) is 2. The van der Waals surface area contributed by atoms with Crippen molar-refractivity contribution in [2.75, 3.05) is 14.2 Å². The summed E-state index contributed by atoms with van der Waals surface area (Å²) >= 11 is 1.66. The molecule has 0 spiro atoms. The van der Waals surface area contributed by atoms with Crippen LogP contribution in [0, 0.1) is 0 Å². The van der Waals surface area contributed by atoms with Gasteiger partial charge in [0.05, 0.1) is 5.75 Å². The van der Waals surface area contributed by atoms with Gasteiger partial charge in [-0.05, 0) is 18.6 Å². The molecule has 0 fully saturated rings. The van der Waals surface area contributed by atoms with Gasteiger partial charge in [0.25, 0.3) is 0 Å². The van der Waals surface area contributed by atoms with Crippen molar-refractivity contribution in [1.29, 1.82) is 0 Å². The van der Waals surface area contributed by atoms with Crippen LogP contribution in [0.15, 0.2) is 33.7 Å². The Hall–Kier alpha value is -1.37. The van der Waals surface area contributed by atoms with E-state index in [4.69, 9.17) is 14.0 Å². The maximum Gasteiger partial charge on any atom is 0.237 e. The van der Waals surface area contributed by atoms with Gasteiger partial charge in [0, 0.05) is 31.1 Å². The molecule has 2 rings (SSSR count). The molecule has 5 nitrogen and oxygen atoms in total. The van der Waals surface area contributed by atoms with Gasteiger partial charge in [0.1, 0.15) is 0 Å². The summed E-state index contributed by atoms with van der Waals surface area (Å²) in [6.45, 7) is 2.10. The molecule has 0 N–H and O–H groups in total. The second-order valence-electron chi connectivity index (χ2n) is 4.52. The summed E-state index contributed by atoms with van der Waals surface area (Å²) in [6, 6.07) is 8.06. The lowest BCUT2D eigenvalue weighted by molar-refractivity contribution is -0.106. The molecule has 0 bridgehead atoms. The summed E-state index contributed by atoms with van der Waals surface area (Å²) in [5.74, 6) is 2.12. The number of aryl methyl sites for hydroxylation is 1. The van der Waals surface area contributed by atoms with Crippen molar-refractivity contribution in [3.63, 3.8) is 0 Å². The van der Waals surface area contributed by atoms with E-state index in [0.717, 1.165) is 29.1 Å². The quantitative estimate of drug-likeness (QED) is 0.548. The molecule has 0 unspecified atom stereocenters. The fourth-order valence-corrected chi connectivity index (χ4v) is 2.64. The Kier molecular flexibility index (Phi) is 6.22. The number of methoxy groups -OCH3 is 2. The molecule has 114 valence electrons. The number of rotatable bonds is 8. The Morgan fingerprint density at radius 2 is 1.90 bits per heavy atom. The van der Waals surface area contributed by atoms with Gasteiger partial charge in [-0.15, -0.1) is 11.8 Å². The predicted molar refractivity (Wildman–Crippen MR) is 81.1 cm³/mol. The molecule has 21 heavy (non-hydrogen) atoms. The van der Waals surface area contributed by atoms with Crippen molar-refractivity contribution in [2.45, 2.75) is 36.7 Å². The Morgan fingerprint density at radius 1 is 1.19 bits per heavy atom. The zero-order valence-electron chi connectivity index (χ0n) is 12.5. The van der Waals surface area contributed by atoms with Crippen LogP contribution in [0.2, 0.25) is 0 Å². The summed E-state index contributed by atoms with van der Waals surface area (Å²) in [5, 5.41) is 3.95. The van der Waals surface area contributed by atoms with Gasteiger partial charge in [-0.25, -0.2) is 0 Å². The molecule has 6 heteroatoms. The summed E-state index contributed by atoms with van der Waals surface area (Å²) in [7, 11) is 3.25. The Labute approximate surface area is 129 Å². The van der Waals surface area contributed by atoms with Crippen molar-refractivity contribution < 1.29 is 14.0 Å². The average molecular weight is 308 g/mol. The van der Waals surface area contributed by atoms with E-state index in [1.165, 1.54) is 0 Å². The lowest BCUT2D eigenvalue weighted by Crippen LogP contribution is -2.02. The van der Waals surface area contributed by atoms with Gasteiger partial charge >= 0.3 is 0 Å². The normalized spacial score (nSPS) is 11.2. The van der Waals surface area contributed by atoms with E-state index in [9.17, 15) is 0 Å². The fourth-order valence-electron chi connectivity index (χ4n) is 1.91.